The molecule has 0 saturated carbocycles. The Labute approximate surface area is 164 Å². The van der Waals surface area contributed by atoms with Crippen molar-refractivity contribution in [1.29, 1.82) is 0 Å². The van der Waals surface area contributed by atoms with Gasteiger partial charge >= 0.3 is 5.97 Å². The van der Waals surface area contributed by atoms with Crippen LogP contribution in [0.15, 0.2) is 48.5 Å². The molecule has 0 atom stereocenters. The second kappa shape index (κ2) is 8.69. The molecule has 6 nitrogen and oxygen atoms in total. The van der Waals surface area contributed by atoms with Crippen molar-refractivity contribution in [2.75, 3.05) is 25.5 Å². The van der Waals surface area contributed by atoms with Crippen LogP contribution in [0.25, 0.3) is 0 Å². The van der Waals surface area contributed by atoms with Crippen LogP contribution in [0, 0.1) is 5.92 Å². The van der Waals surface area contributed by atoms with Crippen LogP contribution in [-0.2, 0) is 4.74 Å². The van der Waals surface area contributed by atoms with Gasteiger partial charge in [0.1, 0.15) is 0 Å². The number of para-hydroxylation sites is 1. The number of piperidine rings is 1. The summed E-state index contributed by atoms with van der Waals surface area (Å²) in [5, 5.41) is 2.80. The molecule has 1 heterocycles. The first kappa shape index (κ1) is 19.6. The van der Waals surface area contributed by atoms with Gasteiger partial charge in [0.25, 0.3) is 11.8 Å². The van der Waals surface area contributed by atoms with E-state index in [9.17, 15) is 14.4 Å². The third-order valence-corrected chi connectivity index (χ3v) is 5.02. The van der Waals surface area contributed by atoms with Crippen molar-refractivity contribution >= 4 is 23.5 Å². The fourth-order valence-corrected chi connectivity index (χ4v) is 3.26. The zero-order chi connectivity index (χ0) is 20.1. The maximum Gasteiger partial charge on any atom is 0.337 e. The standard InChI is InChI=1S/C22H24N2O4/c1-15-10-12-24(13-11-15)21(26)18-8-3-4-9-19(18)23-20(25)16-6-5-7-17(14-16)22(27)28-2/h3-9,14-15H,10-13H2,1-2H3,(H,23,25). The van der Waals surface area contributed by atoms with Crippen molar-refractivity contribution in [3.8, 4) is 0 Å². The largest absolute Gasteiger partial charge is 0.465 e. The number of hydrogen-bond acceptors (Lipinski definition) is 4. The van der Waals surface area contributed by atoms with Gasteiger partial charge in [-0.05, 0) is 49.1 Å². The molecule has 1 saturated heterocycles. The second-order valence-electron chi connectivity index (χ2n) is 7.05. The molecule has 0 aliphatic carbocycles. The number of carbonyl (C=O) groups excluding carboxylic acids is 3. The van der Waals surface area contributed by atoms with Crippen molar-refractivity contribution in [2.45, 2.75) is 19.8 Å². The number of methoxy groups -OCH3 is 1. The first-order valence-electron chi connectivity index (χ1n) is 9.37. The SMILES string of the molecule is COC(=O)c1cccc(C(=O)Nc2ccccc2C(=O)N2CCC(C)CC2)c1. The molecule has 2 aromatic carbocycles. The highest BCUT2D eigenvalue weighted by atomic mass is 16.5. The van der Waals surface area contributed by atoms with Crippen LogP contribution >= 0.6 is 0 Å². The van der Waals surface area contributed by atoms with Gasteiger partial charge in [0.15, 0.2) is 0 Å². The van der Waals surface area contributed by atoms with E-state index in [1.807, 2.05) is 4.90 Å². The maximum absolute atomic E-state index is 12.9. The van der Waals surface area contributed by atoms with E-state index >= 15 is 0 Å². The molecule has 1 aliphatic rings. The topological polar surface area (TPSA) is 75.7 Å². The minimum absolute atomic E-state index is 0.0777. The van der Waals surface area contributed by atoms with E-state index in [4.69, 9.17) is 4.74 Å². The minimum Gasteiger partial charge on any atom is -0.465 e. The number of benzene rings is 2. The molecule has 3 rings (SSSR count). The van der Waals surface area contributed by atoms with Gasteiger partial charge in [0.2, 0.25) is 0 Å². The summed E-state index contributed by atoms with van der Waals surface area (Å²) in [5.41, 5.74) is 1.54. The predicted molar refractivity (Wildman–Crippen MR) is 106 cm³/mol. The van der Waals surface area contributed by atoms with Crippen LogP contribution in [-0.4, -0.2) is 42.9 Å². The fourth-order valence-electron chi connectivity index (χ4n) is 3.26. The summed E-state index contributed by atoms with van der Waals surface area (Å²) < 4.78 is 4.69. The first-order valence-corrected chi connectivity index (χ1v) is 9.37. The zero-order valence-electron chi connectivity index (χ0n) is 16.1. The number of likely N-dealkylation sites (tertiary alicyclic amines) is 1. The highest BCUT2D eigenvalue weighted by molar-refractivity contribution is 6.09. The average molecular weight is 380 g/mol. The number of nitrogens with one attached hydrogen (secondary N) is 1. The van der Waals surface area contributed by atoms with E-state index in [0.29, 0.717) is 28.3 Å². The first-order chi connectivity index (χ1) is 13.5. The van der Waals surface area contributed by atoms with E-state index < -0.39 is 11.9 Å². The number of esters is 1. The van der Waals surface area contributed by atoms with Gasteiger partial charge in [-0.15, -0.1) is 0 Å². The lowest BCUT2D eigenvalue weighted by Crippen LogP contribution is -2.38. The molecule has 1 aliphatic heterocycles. The lowest BCUT2D eigenvalue weighted by Gasteiger charge is -2.30. The molecular formula is C22H24N2O4. The third-order valence-electron chi connectivity index (χ3n) is 5.02. The Balaban J connectivity index is 1.79. The van der Waals surface area contributed by atoms with Crippen LogP contribution in [0.5, 0.6) is 0 Å². The molecule has 0 bridgehead atoms. The smallest absolute Gasteiger partial charge is 0.337 e. The number of anilines is 1. The predicted octanol–water partition coefficient (Wildman–Crippen LogP) is 3.60. The Kier molecular flexibility index (Phi) is 6.09. The van der Waals surface area contributed by atoms with Crippen molar-refractivity contribution in [3.63, 3.8) is 0 Å². The zero-order valence-corrected chi connectivity index (χ0v) is 16.1. The highest BCUT2D eigenvalue weighted by Crippen LogP contribution is 2.22. The quantitative estimate of drug-likeness (QED) is 0.823. The van der Waals surface area contributed by atoms with E-state index in [1.54, 1.807) is 42.5 Å². The molecule has 1 N–H and O–H groups in total. The van der Waals surface area contributed by atoms with E-state index in [2.05, 4.69) is 12.2 Å². The molecule has 28 heavy (non-hydrogen) atoms. The summed E-state index contributed by atoms with van der Waals surface area (Å²) in [6.45, 7) is 3.64. The molecular weight excluding hydrogens is 356 g/mol. The lowest BCUT2D eigenvalue weighted by molar-refractivity contribution is 0.0600. The van der Waals surface area contributed by atoms with Gasteiger partial charge in [0, 0.05) is 18.7 Å². The van der Waals surface area contributed by atoms with Gasteiger partial charge in [0.05, 0.1) is 23.9 Å². The number of carbonyl (C=O) groups is 3. The molecule has 0 spiro atoms. The molecule has 0 unspecified atom stereocenters. The molecule has 2 amide bonds. The summed E-state index contributed by atoms with van der Waals surface area (Å²) in [5.74, 6) is -0.352. The Morgan fingerprint density at radius 2 is 1.68 bits per heavy atom. The summed E-state index contributed by atoms with van der Waals surface area (Å²) >= 11 is 0. The average Bonchev–Trinajstić information content (AvgIpc) is 2.73. The van der Waals surface area contributed by atoms with Crippen LogP contribution in [0.2, 0.25) is 0 Å². The molecule has 2 aromatic rings. The van der Waals surface area contributed by atoms with E-state index in [0.717, 1.165) is 25.9 Å². The van der Waals surface area contributed by atoms with Crippen LogP contribution in [0.4, 0.5) is 5.69 Å². The Bertz CT molecular complexity index is 886. The Hall–Kier alpha value is -3.15. The Morgan fingerprint density at radius 1 is 1.00 bits per heavy atom. The van der Waals surface area contributed by atoms with Crippen molar-refractivity contribution in [2.24, 2.45) is 5.92 Å². The van der Waals surface area contributed by atoms with Crippen LogP contribution in [0.1, 0.15) is 50.8 Å². The molecule has 0 aromatic heterocycles. The van der Waals surface area contributed by atoms with Crippen molar-refractivity contribution in [3.05, 3.63) is 65.2 Å². The Morgan fingerprint density at radius 3 is 2.39 bits per heavy atom. The summed E-state index contributed by atoms with van der Waals surface area (Å²) in [6, 6.07) is 13.3. The summed E-state index contributed by atoms with van der Waals surface area (Å²) in [4.78, 5) is 39.1. The molecule has 6 heteroatoms. The number of rotatable bonds is 4. The maximum atomic E-state index is 12.9. The van der Waals surface area contributed by atoms with Crippen LogP contribution < -0.4 is 5.32 Å². The van der Waals surface area contributed by atoms with Crippen LogP contribution in [0.3, 0.4) is 0 Å². The number of amides is 2. The van der Waals surface area contributed by atoms with Gasteiger partial charge in [-0.1, -0.05) is 25.1 Å². The van der Waals surface area contributed by atoms with Gasteiger partial charge in [-0.2, -0.15) is 0 Å². The number of ether oxygens (including phenoxy) is 1. The highest BCUT2D eigenvalue weighted by Gasteiger charge is 2.23. The lowest BCUT2D eigenvalue weighted by atomic mass is 9.98. The van der Waals surface area contributed by atoms with Gasteiger partial charge < -0.3 is 15.0 Å². The van der Waals surface area contributed by atoms with Gasteiger partial charge in [-0.3, -0.25) is 9.59 Å². The van der Waals surface area contributed by atoms with E-state index in [1.165, 1.54) is 13.2 Å². The fraction of sp³-hybridized carbons (Fsp3) is 0.318. The summed E-state index contributed by atoms with van der Waals surface area (Å²) in [6.07, 6.45) is 1.97. The normalized spacial score (nSPS) is 14.4. The molecule has 1 fully saturated rings. The minimum atomic E-state index is -0.510. The second-order valence-corrected chi connectivity index (χ2v) is 7.05. The van der Waals surface area contributed by atoms with Crippen molar-refractivity contribution < 1.29 is 19.1 Å². The van der Waals surface area contributed by atoms with E-state index in [-0.39, 0.29) is 5.91 Å². The third kappa shape index (κ3) is 4.39. The van der Waals surface area contributed by atoms with Gasteiger partial charge in [-0.25, -0.2) is 4.79 Å². The number of nitrogens with zero attached hydrogens (tertiary/aromatic N) is 1. The molecule has 0 radical (unpaired) electrons. The molecule has 146 valence electrons. The summed E-state index contributed by atoms with van der Waals surface area (Å²) in [7, 11) is 1.29. The monoisotopic (exact) mass is 380 g/mol. The van der Waals surface area contributed by atoms with Crippen molar-refractivity contribution in [1.82, 2.24) is 4.90 Å². The number of hydrogen-bond donors (Lipinski definition) is 1.